The molecule has 4 rings (SSSR count). The van der Waals surface area contributed by atoms with Crippen molar-refractivity contribution in [1.29, 1.82) is 0 Å². The minimum absolute atomic E-state index is 0.0658. The van der Waals surface area contributed by atoms with Crippen LogP contribution in [0.2, 0.25) is 0 Å². The lowest BCUT2D eigenvalue weighted by molar-refractivity contribution is -0.143. The summed E-state index contributed by atoms with van der Waals surface area (Å²) in [7, 11) is 0. The zero-order valence-electron chi connectivity index (χ0n) is 17.7. The Morgan fingerprint density at radius 2 is 1.56 bits per heavy atom. The number of amides is 1. The summed E-state index contributed by atoms with van der Waals surface area (Å²) < 4.78 is 85.6. The Balaban J connectivity index is 1.78. The molecule has 3 aromatic rings. The van der Waals surface area contributed by atoms with Crippen LogP contribution in [-0.4, -0.2) is 22.4 Å². The monoisotopic (exact) mass is 480 g/mol. The molecule has 0 aliphatic carbocycles. The highest BCUT2D eigenvalue weighted by atomic mass is 19.4. The molecule has 0 fully saturated rings. The smallest absolute Gasteiger partial charge is 0.416 e. The molecule has 4 nitrogen and oxygen atoms in total. The first kappa shape index (κ1) is 23.6. The lowest BCUT2D eigenvalue weighted by Crippen LogP contribution is -2.35. The third-order valence-corrected chi connectivity index (χ3v) is 5.64. The number of ether oxygens (including phenoxy) is 1. The molecule has 0 spiro atoms. The molecular weight excluding hydrogens is 462 g/mol. The second kappa shape index (κ2) is 8.66. The summed E-state index contributed by atoms with van der Waals surface area (Å²) in [5.41, 5.74) is -1.16. The molecule has 0 bridgehead atoms. The maximum Gasteiger partial charge on any atom is 0.416 e. The molecular formula is C24H18F6N2O2. The molecule has 1 atom stereocenters. The predicted molar refractivity (Wildman–Crippen MR) is 111 cm³/mol. The largest absolute Gasteiger partial charge is 0.467 e. The van der Waals surface area contributed by atoms with E-state index in [1.807, 2.05) is 30.3 Å². The summed E-state index contributed by atoms with van der Waals surface area (Å²) in [5, 5.41) is 0. The van der Waals surface area contributed by atoms with Crippen LogP contribution in [0.25, 0.3) is 11.1 Å². The summed E-state index contributed by atoms with van der Waals surface area (Å²) >= 11 is 0. The minimum atomic E-state index is -4.99. The zero-order chi connectivity index (χ0) is 24.7. The summed E-state index contributed by atoms with van der Waals surface area (Å²) in [4.78, 5) is 18.2. The Bertz CT molecular complexity index is 1180. The van der Waals surface area contributed by atoms with Crippen molar-refractivity contribution in [2.75, 3.05) is 6.61 Å². The topological polar surface area (TPSA) is 42.4 Å². The Hall–Kier alpha value is -3.56. The van der Waals surface area contributed by atoms with E-state index < -0.39 is 42.0 Å². The Morgan fingerprint density at radius 3 is 2.15 bits per heavy atom. The molecule has 2 heterocycles. The van der Waals surface area contributed by atoms with E-state index in [0.717, 1.165) is 5.56 Å². The number of hydrogen-bond acceptors (Lipinski definition) is 3. The van der Waals surface area contributed by atoms with Crippen molar-refractivity contribution < 1.29 is 35.9 Å². The average molecular weight is 480 g/mol. The highest BCUT2D eigenvalue weighted by molar-refractivity contribution is 5.80. The molecule has 1 aliphatic rings. The average Bonchev–Trinajstić information content (AvgIpc) is 2.96. The molecule has 1 amide bonds. The summed E-state index contributed by atoms with van der Waals surface area (Å²) in [6.45, 7) is 0.829. The first-order chi connectivity index (χ1) is 15.9. The van der Waals surface area contributed by atoms with Gasteiger partial charge in [-0.25, -0.2) is 4.98 Å². The molecule has 1 aromatic heterocycles. The lowest BCUT2D eigenvalue weighted by atomic mass is 9.97. The standard InChI is InChI=1S/C24H18F6N2O2/c1-14(16-9-17(23(25,26)27)11-18(10-16)24(28,29)30)32-12-20-19(15-5-3-2-4-6-15)7-8-31-22(20)34-13-21(32)33/h2-11,14H,12-13H2,1H3. The molecule has 2 aromatic carbocycles. The van der Waals surface area contributed by atoms with Crippen LogP contribution in [0.3, 0.4) is 0 Å². The molecule has 178 valence electrons. The molecule has 1 aliphatic heterocycles. The third-order valence-electron chi connectivity index (χ3n) is 5.64. The van der Waals surface area contributed by atoms with E-state index in [0.29, 0.717) is 23.3 Å². The van der Waals surface area contributed by atoms with Gasteiger partial charge in [0, 0.05) is 11.8 Å². The summed E-state index contributed by atoms with van der Waals surface area (Å²) in [6, 6.07) is 11.1. The van der Waals surface area contributed by atoms with Crippen LogP contribution in [0.15, 0.2) is 60.8 Å². The number of benzene rings is 2. The van der Waals surface area contributed by atoms with E-state index in [2.05, 4.69) is 4.98 Å². The van der Waals surface area contributed by atoms with Crippen LogP contribution in [0.5, 0.6) is 5.88 Å². The number of halogens is 6. The van der Waals surface area contributed by atoms with Gasteiger partial charge in [-0.1, -0.05) is 30.3 Å². The number of carbonyl (C=O) groups excluding carboxylic acids is 1. The van der Waals surface area contributed by atoms with Crippen molar-refractivity contribution in [3.05, 3.63) is 83.0 Å². The number of carbonyl (C=O) groups is 1. The first-order valence-corrected chi connectivity index (χ1v) is 10.2. The highest BCUT2D eigenvalue weighted by Crippen LogP contribution is 2.40. The van der Waals surface area contributed by atoms with Gasteiger partial charge in [-0.3, -0.25) is 4.79 Å². The number of nitrogens with zero attached hydrogens (tertiary/aromatic N) is 2. The second-order valence-corrected chi connectivity index (χ2v) is 7.83. The van der Waals surface area contributed by atoms with Gasteiger partial charge in [-0.2, -0.15) is 26.3 Å². The van der Waals surface area contributed by atoms with Crippen LogP contribution in [0.4, 0.5) is 26.3 Å². The van der Waals surface area contributed by atoms with Gasteiger partial charge in [0.1, 0.15) is 0 Å². The van der Waals surface area contributed by atoms with Crippen LogP contribution in [0.1, 0.15) is 35.2 Å². The van der Waals surface area contributed by atoms with Gasteiger partial charge in [0.15, 0.2) is 6.61 Å². The number of aromatic nitrogens is 1. The number of fused-ring (bicyclic) bond motifs is 1. The highest BCUT2D eigenvalue weighted by Gasteiger charge is 2.38. The Kier molecular flexibility index (Phi) is 6.01. The fourth-order valence-electron chi connectivity index (χ4n) is 3.86. The first-order valence-electron chi connectivity index (χ1n) is 10.2. The second-order valence-electron chi connectivity index (χ2n) is 7.83. The molecule has 0 saturated carbocycles. The SMILES string of the molecule is CC(c1cc(C(F)(F)F)cc(C(F)(F)F)c1)N1Cc2c(-c3ccccc3)ccnc2OCC1=O. The number of rotatable bonds is 3. The molecule has 0 N–H and O–H groups in total. The van der Waals surface area contributed by atoms with E-state index in [1.54, 1.807) is 6.07 Å². The van der Waals surface area contributed by atoms with Crippen LogP contribution < -0.4 is 4.74 Å². The molecule has 34 heavy (non-hydrogen) atoms. The molecule has 0 saturated heterocycles. The van der Waals surface area contributed by atoms with Crippen molar-refractivity contribution in [3.63, 3.8) is 0 Å². The fourth-order valence-corrected chi connectivity index (χ4v) is 3.86. The van der Waals surface area contributed by atoms with Crippen molar-refractivity contribution in [2.24, 2.45) is 0 Å². The van der Waals surface area contributed by atoms with Crippen molar-refractivity contribution >= 4 is 5.91 Å². The molecule has 10 heteroatoms. The number of alkyl halides is 6. The van der Waals surface area contributed by atoms with Gasteiger partial charge >= 0.3 is 12.4 Å². The van der Waals surface area contributed by atoms with E-state index in [9.17, 15) is 31.1 Å². The molecule has 1 unspecified atom stereocenters. The van der Waals surface area contributed by atoms with E-state index in [4.69, 9.17) is 4.74 Å². The summed E-state index contributed by atoms with van der Waals surface area (Å²) in [6.07, 6.45) is -8.47. The van der Waals surface area contributed by atoms with Crippen molar-refractivity contribution in [3.8, 4) is 17.0 Å². The number of pyridine rings is 1. The van der Waals surface area contributed by atoms with Crippen LogP contribution in [0, 0.1) is 0 Å². The van der Waals surface area contributed by atoms with Gasteiger partial charge in [0.25, 0.3) is 5.91 Å². The van der Waals surface area contributed by atoms with Crippen molar-refractivity contribution in [1.82, 2.24) is 9.88 Å². The summed E-state index contributed by atoms with van der Waals surface area (Å²) in [5.74, 6) is -0.403. The Morgan fingerprint density at radius 1 is 0.941 bits per heavy atom. The van der Waals surface area contributed by atoms with Gasteiger partial charge in [0.2, 0.25) is 5.88 Å². The van der Waals surface area contributed by atoms with Gasteiger partial charge < -0.3 is 9.64 Å². The number of hydrogen-bond donors (Lipinski definition) is 0. The normalized spacial score (nSPS) is 15.4. The van der Waals surface area contributed by atoms with Crippen LogP contribution in [-0.2, 0) is 23.7 Å². The van der Waals surface area contributed by atoms with Gasteiger partial charge in [-0.05, 0) is 47.9 Å². The van der Waals surface area contributed by atoms with Crippen LogP contribution >= 0.6 is 0 Å². The molecule has 0 radical (unpaired) electrons. The van der Waals surface area contributed by atoms with E-state index in [1.165, 1.54) is 18.0 Å². The quantitative estimate of drug-likeness (QED) is 0.415. The maximum atomic E-state index is 13.3. The fraction of sp³-hybridized carbons (Fsp3) is 0.250. The van der Waals surface area contributed by atoms with E-state index in [-0.39, 0.29) is 24.1 Å². The minimum Gasteiger partial charge on any atom is -0.467 e. The van der Waals surface area contributed by atoms with E-state index >= 15 is 0 Å². The predicted octanol–water partition coefficient (Wildman–Crippen LogP) is 6.27. The zero-order valence-corrected chi connectivity index (χ0v) is 17.7. The maximum absolute atomic E-state index is 13.3. The van der Waals surface area contributed by atoms with Gasteiger partial charge in [0.05, 0.1) is 23.7 Å². The van der Waals surface area contributed by atoms with Gasteiger partial charge in [-0.15, -0.1) is 0 Å². The Labute approximate surface area is 190 Å². The lowest BCUT2D eigenvalue weighted by Gasteiger charge is -2.29. The van der Waals surface area contributed by atoms with Crippen molar-refractivity contribution in [2.45, 2.75) is 31.9 Å². The third kappa shape index (κ3) is 4.71.